The van der Waals surface area contributed by atoms with Crippen LogP contribution in [0.3, 0.4) is 0 Å². The van der Waals surface area contributed by atoms with E-state index < -0.39 is 5.60 Å². The molecule has 216 valence electrons. The summed E-state index contributed by atoms with van der Waals surface area (Å²) < 4.78 is 11.7. The number of carbonyl (C=O) groups is 2. The average Bonchev–Trinajstić information content (AvgIpc) is 3.59. The summed E-state index contributed by atoms with van der Waals surface area (Å²) in [6.07, 6.45) is 13.6. The molecule has 0 aromatic carbocycles. The SMILES string of the molecule is COCCCN1CC2(CCC3C45C=CC6(C=C4C(=O)c4ccc(C)s4)CC(O)CCC6(C)C5CCC32C)OC1=O. The number of aryl methyl sites for hydroxylation is 1. The standard InChI is InChI=1S/C33H43NO5S/c1-21-6-7-24(40-21)27(36)23-19-31-14-15-33(23)25(29(31,2)11-8-22(35)18-31)9-12-30(3)26(33)10-13-32(30)20-34(28(37)39-32)16-5-17-38-4/h6-7,14-15,19,22,25-26,35H,5,8-13,16-18,20H2,1-4H3. The average molecular weight is 566 g/mol. The number of ether oxygens (including phenoxy) is 2. The van der Waals surface area contributed by atoms with E-state index >= 15 is 0 Å². The second kappa shape index (κ2) is 8.78. The van der Waals surface area contributed by atoms with Gasteiger partial charge in [-0.2, -0.15) is 0 Å². The number of ketones is 1. The van der Waals surface area contributed by atoms with E-state index in [4.69, 9.17) is 9.47 Å². The summed E-state index contributed by atoms with van der Waals surface area (Å²) in [4.78, 5) is 31.5. The Morgan fingerprint density at radius 3 is 2.62 bits per heavy atom. The third-order valence-electron chi connectivity index (χ3n) is 12.7. The molecule has 8 unspecified atom stereocenters. The number of thiophene rings is 1. The molecule has 1 N–H and O–H groups in total. The van der Waals surface area contributed by atoms with Gasteiger partial charge >= 0.3 is 6.09 Å². The van der Waals surface area contributed by atoms with E-state index in [0.717, 1.165) is 60.3 Å². The smallest absolute Gasteiger partial charge is 0.410 e. The zero-order chi connectivity index (χ0) is 28.1. The molecule has 40 heavy (non-hydrogen) atoms. The van der Waals surface area contributed by atoms with Gasteiger partial charge in [-0.1, -0.05) is 32.1 Å². The van der Waals surface area contributed by atoms with Crippen molar-refractivity contribution < 1.29 is 24.2 Å². The molecule has 2 heterocycles. The fourth-order valence-corrected chi connectivity index (χ4v) is 11.5. The molecule has 1 aromatic heterocycles. The number of carbonyl (C=O) groups excluding carboxylic acids is 2. The fraction of sp³-hybridized carbons (Fsp3) is 0.697. The number of aliphatic hydroxyl groups excluding tert-OH is 1. The number of hydrogen-bond acceptors (Lipinski definition) is 6. The highest BCUT2D eigenvalue weighted by Crippen LogP contribution is 2.79. The number of nitrogens with zero attached hydrogens (tertiary/aromatic N) is 1. The van der Waals surface area contributed by atoms with Crippen LogP contribution in [0.15, 0.2) is 35.9 Å². The van der Waals surface area contributed by atoms with Crippen molar-refractivity contribution in [2.75, 3.05) is 26.8 Å². The van der Waals surface area contributed by atoms with Crippen LogP contribution in [0.2, 0.25) is 0 Å². The molecule has 6 nitrogen and oxygen atoms in total. The lowest BCUT2D eigenvalue weighted by Gasteiger charge is -2.71. The minimum atomic E-state index is -0.529. The summed E-state index contributed by atoms with van der Waals surface area (Å²) in [7, 11) is 1.69. The Bertz CT molecular complexity index is 1320. The molecule has 6 aliphatic carbocycles. The van der Waals surface area contributed by atoms with Crippen molar-refractivity contribution in [3.8, 4) is 0 Å². The molecule has 1 aromatic rings. The van der Waals surface area contributed by atoms with Crippen molar-refractivity contribution in [2.24, 2.45) is 33.5 Å². The van der Waals surface area contributed by atoms with Gasteiger partial charge in [0, 0.05) is 47.0 Å². The molecular formula is C33H43NO5S. The number of amides is 1. The predicted molar refractivity (Wildman–Crippen MR) is 154 cm³/mol. The van der Waals surface area contributed by atoms with Crippen molar-refractivity contribution in [1.82, 2.24) is 4.90 Å². The van der Waals surface area contributed by atoms with E-state index in [1.165, 1.54) is 0 Å². The first kappa shape index (κ1) is 26.9. The normalized spacial score (nSPS) is 44.8. The molecule has 7 aliphatic rings. The van der Waals surface area contributed by atoms with Crippen molar-refractivity contribution in [1.29, 1.82) is 0 Å². The summed E-state index contributed by atoms with van der Waals surface area (Å²) in [6, 6.07) is 4.03. The zero-order valence-electron chi connectivity index (χ0n) is 24.3. The molecule has 7 heteroatoms. The second-order valence-corrected chi connectivity index (χ2v) is 15.4. The summed E-state index contributed by atoms with van der Waals surface area (Å²) in [6.45, 7) is 8.75. The van der Waals surface area contributed by atoms with Gasteiger partial charge in [0.25, 0.3) is 0 Å². The van der Waals surface area contributed by atoms with E-state index in [2.05, 4.69) is 39.0 Å². The van der Waals surface area contributed by atoms with E-state index in [-0.39, 0.29) is 45.6 Å². The van der Waals surface area contributed by atoms with Crippen molar-refractivity contribution in [3.05, 3.63) is 45.7 Å². The number of hydrogen-bond donors (Lipinski definition) is 1. The fourth-order valence-electron chi connectivity index (χ4n) is 10.6. The largest absolute Gasteiger partial charge is 0.440 e. The molecular weight excluding hydrogens is 522 g/mol. The maximum absolute atomic E-state index is 14.5. The van der Waals surface area contributed by atoms with Crippen molar-refractivity contribution >= 4 is 23.2 Å². The first-order valence-corrected chi connectivity index (χ1v) is 16.1. The molecule has 8 atom stereocenters. The van der Waals surface area contributed by atoms with Gasteiger partial charge in [0.2, 0.25) is 0 Å². The molecule has 1 saturated heterocycles. The highest BCUT2D eigenvalue weighted by molar-refractivity contribution is 7.14. The van der Waals surface area contributed by atoms with Gasteiger partial charge in [0.05, 0.1) is 17.5 Å². The van der Waals surface area contributed by atoms with Gasteiger partial charge in [-0.3, -0.25) is 4.79 Å². The van der Waals surface area contributed by atoms with Crippen LogP contribution >= 0.6 is 11.3 Å². The molecule has 4 fully saturated rings. The zero-order valence-corrected chi connectivity index (χ0v) is 25.1. The summed E-state index contributed by atoms with van der Waals surface area (Å²) in [5.41, 5.74) is -0.504. The summed E-state index contributed by atoms with van der Waals surface area (Å²) in [5.74, 6) is 0.689. The van der Waals surface area contributed by atoms with Crippen LogP contribution in [-0.4, -0.2) is 60.4 Å². The molecule has 1 amide bonds. The minimum absolute atomic E-state index is 0.00818. The molecule has 2 bridgehead atoms. The van der Waals surface area contributed by atoms with E-state index in [1.807, 2.05) is 17.0 Å². The maximum Gasteiger partial charge on any atom is 0.410 e. The third kappa shape index (κ3) is 3.23. The Morgan fingerprint density at radius 2 is 1.88 bits per heavy atom. The van der Waals surface area contributed by atoms with Crippen molar-refractivity contribution in [2.45, 2.75) is 83.8 Å². The molecule has 1 aliphatic heterocycles. The number of Topliss-reactive ketones (excluding diaryl/α,β-unsaturated/α-hetero) is 1. The van der Waals surface area contributed by atoms with Crippen LogP contribution in [0.1, 0.15) is 79.8 Å². The Balaban J connectivity index is 1.34. The monoisotopic (exact) mass is 565 g/mol. The third-order valence-corrected chi connectivity index (χ3v) is 13.7. The van der Waals surface area contributed by atoms with Crippen LogP contribution in [0, 0.1) is 40.4 Å². The van der Waals surface area contributed by atoms with Gasteiger partial charge in [-0.05, 0) is 87.7 Å². The number of rotatable bonds is 6. The Kier molecular flexibility index (Phi) is 5.90. The topological polar surface area (TPSA) is 76.1 Å². The van der Waals surface area contributed by atoms with Gasteiger partial charge in [-0.25, -0.2) is 4.79 Å². The minimum Gasteiger partial charge on any atom is -0.440 e. The molecule has 3 saturated carbocycles. The quantitative estimate of drug-likeness (QED) is 0.248. The summed E-state index contributed by atoms with van der Waals surface area (Å²) >= 11 is 1.58. The van der Waals surface area contributed by atoms with E-state index in [0.29, 0.717) is 32.0 Å². The highest BCUT2D eigenvalue weighted by Gasteiger charge is 2.76. The van der Waals surface area contributed by atoms with Crippen LogP contribution < -0.4 is 0 Å². The predicted octanol–water partition coefficient (Wildman–Crippen LogP) is 6.33. The van der Waals surface area contributed by atoms with Gasteiger partial charge in [0.15, 0.2) is 5.78 Å². The Hall–Kier alpha value is -1.96. The van der Waals surface area contributed by atoms with Crippen molar-refractivity contribution in [3.63, 3.8) is 0 Å². The van der Waals surface area contributed by atoms with E-state index in [9.17, 15) is 14.7 Å². The lowest BCUT2D eigenvalue weighted by Crippen LogP contribution is -2.67. The molecule has 3 spiro atoms. The Morgan fingerprint density at radius 1 is 1.12 bits per heavy atom. The van der Waals surface area contributed by atoms with Gasteiger partial charge < -0.3 is 19.5 Å². The van der Waals surface area contributed by atoms with Gasteiger partial charge in [-0.15, -0.1) is 11.3 Å². The number of fused-ring (bicyclic) bond motifs is 2. The van der Waals surface area contributed by atoms with Crippen LogP contribution in [0.5, 0.6) is 0 Å². The molecule has 8 rings (SSSR count). The second-order valence-electron chi connectivity index (χ2n) is 14.1. The first-order chi connectivity index (χ1) is 19.0. The van der Waals surface area contributed by atoms with Gasteiger partial charge in [0.1, 0.15) is 5.60 Å². The number of aliphatic hydroxyl groups is 1. The van der Waals surface area contributed by atoms with Crippen LogP contribution in [0.4, 0.5) is 4.79 Å². The van der Waals surface area contributed by atoms with Crippen LogP contribution in [-0.2, 0) is 9.47 Å². The maximum atomic E-state index is 14.5. The number of methoxy groups -OCH3 is 1. The summed E-state index contributed by atoms with van der Waals surface area (Å²) in [5, 5.41) is 10.9. The number of allylic oxidation sites excluding steroid dienone is 4. The lowest BCUT2D eigenvalue weighted by molar-refractivity contribution is -0.164. The van der Waals surface area contributed by atoms with Crippen LogP contribution in [0.25, 0.3) is 0 Å². The molecule has 0 radical (unpaired) electrons. The lowest BCUT2D eigenvalue weighted by atomic mass is 9.32. The highest BCUT2D eigenvalue weighted by atomic mass is 32.1. The van der Waals surface area contributed by atoms with E-state index in [1.54, 1.807) is 18.4 Å². The Labute approximate surface area is 241 Å². The first-order valence-electron chi connectivity index (χ1n) is 15.2.